The Morgan fingerprint density at radius 2 is 2.30 bits per heavy atom. The second-order valence-corrected chi connectivity index (χ2v) is 2.84. The van der Waals surface area contributed by atoms with Crippen LogP contribution >= 0.6 is 15.9 Å². The van der Waals surface area contributed by atoms with Gasteiger partial charge in [0.05, 0.1) is 6.10 Å². The average Bonchev–Trinajstić information content (AvgIpc) is 1.85. The molecule has 0 spiro atoms. The van der Waals surface area contributed by atoms with Crippen molar-refractivity contribution < 1.29 is 5.11 Å². The number of halogens is 1. The van der Waals surface area contributed by atoms with Gasteiger partial charge in [-0.15, -0.1) is 0 Å². The van der Waals surface area contributed by atoms with Crippen molar-refractivity contribution in [3.63, 3.8) is 0 Å². The van der Waals surface area contributed by atoms with Gasteiger partial charge in [-0.1, -0.05) is 6.58 Å². The van der Waals surface area contributed by atoms with Crippen LogP contribution < -0.4 is 5.32 Å². The van der Waals surface area contributed by atoms with E-state index in [1.807, 2.05) is 0 Å². The van der Waals surface area contributed by atoms with Crippen LogP contribution in [0.4, 0.5) is 0 Å². The summed E-state index contributed by atoms with van der Waals surface area (Å²) in [6, 6.07) is 0. The summed E-state index contributed by atoms with van der Waals surface area (Å²) in [6.45, 7) is 5.37. The summed E-state index contributed by atoms with van der Waals surface area (Å²) < 4.78 is 0.796. The molecule has 2 nitrogen and oxygen atoms in total. The second-order valence-electron chi connectivity index (χ2n) is 1.98. The molecule has 58 valence electrons. The zero-order valence-corrected chi connectivity index (χ0v) is 7.77. The van der Waals surface area contributed by atoms with Crippen molar-refractivity contribution in [2.75, 3.05) is 7.05 Å². The zero-order valence-electron chi connectivity index (χ0n) is 6.19. The smallest absolute Gasteiger partial charge is 0.0707 e. The molecular weight excluding hydrogens is 194 g/mol. The summed E-state index contributed by atoms with van der Waals surface area (Å²) in [5.74, 6) is 0. The van der Waals surface area contributed by atoms with E-state index in [0.717, 1.165) is 10.2 Å². The number of allylic oxidation sites excluding steroid dienone is 1. The summed E-state index contributed by atoms with van der Waals surface area (Å²) in [4.78, 5) is 0. The second kappa shape index (κ2) is 4.52. The molecule has 0 aliphatic rings. The van der Waals surface area contributed by atoms with Gasteiger partial charge in [-0.05, 0) is 28.9 Å². The van der Waals surface area contributed by atoms with Crippen LogP contribution in [0.1, 0.15) is 6.92 Å². The van der Waals surface area contributed by atoms with E-state index in [-0.39, 0.29) is 0 Å². The van der Waals surface area contributed by atoms with Crippen molar-refractivity contribution >= 4 is 15.9 Å². The van der Waals surface area contributed by atoms with Crippen molar-refractivity contribution in [2.24, 2.45) is 0 Å². The minimum atomic E-state index is -0.445. The van der Waals surface area contributed by atoms with Crippen LogP contribution in [0.25, 0.3) is 0 Å². The summed E-state index contributed by atoms with van der Waals surface area (Å²) >= 11 is 3.24. The van der Waals surface area contributed by atoms with Gasteiger partial charge in [0, 0.05) is 17.2 Å². The van der Waals surface area contributed by atoms with Gasteiger partial charge in [0.2, 0.25) is 0 Å². The van der Waals surface area contributed by atoms with Crippen molar-refractivity contribution in [2.45, 2.75) is 13.0 Å². The zero-order chi connectivity index (χ0) is 8.15. The number of likely N-dealkylation sites (N-methyl/N-ethyl adjacent to an activating group) is 1. The lowest BCUT2D eigenvalue weighted by atomic mass is 10.3. The highest BCUT2D eigenvalue weighted by molar-refractivity contribution is 9.12. The van der Waals surface area contributed by atoms with Crippen LogP contribution in [0.15, 0.2) is 22.8 Å². The number of aliphatic hydroxyl groups excluding tert-OH is 1. The molecule has 0 radical (unpaired) electrons. The molecule has 1 atom stereocenters. The maximum atomic E-state index is 8.89. The number of nitrogens with one attached hydrogen (secondary N) is 1. The molecule has 0 aromatic carbocycles. The summed E-state index contributed by atoms with van der Waals surface area (Å²) in [5.41, 5.74) is 0.765. The van der Waals surface area contributed by atoms with Crippen molar-refractivity contribution in [1.82, 2.24) is 5.32 Å². The molecule has 0 aliphatic heterocycles. The first-order chi connectivity index (χ1) is 4.57. The number of aliphatic hydroxyl groups is 1. The largest absolute Gasteiger partial charge is 0.389 e. The minimum absolute atomic E-state index is 0.445. The Balaban J connectivity index is 4.05. The minimum Gasteiger partial charge on any atom is -0.389 e. The Kier molecular flexibility index (Phi) is 4.40. The molecule has 2 N–H and O–H groups in total. The van der Waals surface area contributed by atoms with E-state index in [1.54, 1.807) is 20.0 Å². The molecule has 10 heavy (non-hydrogen) atoms. The maximum absolute atomic E-state index is 8.89. The normalized spacial score (nSPS) is 14.6. The van der Waals surface area contributed by atoms with Gasteiger partial charge in [-0.3, -0.25) is 0 Å². The molecular formula is C7H12BrNO. The maximum Gasteiger partial charge on any atom is 0.0707 e. The Bertz CT molecular complexity index is 152. The van der Waals surface area contributed by atoms with Gasteiger partial charge in [-0.25, -0.2) is 0 Å². The highest BCUT2D eigenvalue weighted by Crippen LogP contribution is 2.12. The quantitative estimate of drug-likeness (QED) is 0.683. The third-order valence-corrected chi connectivity index (χ3v) is 1.72. The van der Waals surface area contributed by atoms with Crippen LogP contribution in [0.5, 0.6) is 0 Å². The Morgan fingerprint density at radius 1 is 1.80 bits per heavy atom. The lowest BCUT2D eigenvalue weighted by molar-refractivity contribution is 0.244. The Morgan fingerprint density at radius 3 is 2.60 bits per heavy atom. The standard InChI is InChI=1S/C7H12BrNO/c1-5(10)4-7(8)6(2)9-3/h4-5,9-10H,2H2,1,3H3/b7-4+. The topological polar surface area (TPSA) is 32.3 Å². The fourth-order valence-electron chi connectivity index (χ4n) is 0.432. The van der Waals surface area contributed by atoms with Crippen molar-refractivity contribution in [1.29, 1.82) is 0 Å². The first-order valence-corrected chi connectivity index (χ1v) is 3.79. The SMILES string of the molecule is C=C(NC)/C(Br)=C\C(C)O. The third-order valence-electron chi connectivity index (χ3n) is 0.978. The van der Waals surface area contributed by atoms with Crippen molar-refractivity contribution in [3.05, 3.63) is 22.8 Å². The fraction of sp³-hybridized carbons (Fsp3) is 0.429. The number of hydrogen-bond acceptors (Lipinski definition) is 2. The Hall–Kier alpha value is -0.280. The van der Waals surface area contributed by atoms with Gasteiger partial charge >= 0.3 is 0 Å². The van der Waals surface area contributed by atoms with E-state index in [2.05, 4.69) is 27.8 Å². The van der Waals surface area contributed by atoms with Gasteiger partial charge in [0.25, 0.3) is 0 Å². The lowest BCUT2D eigenvalue weighted by Crippen LogP contribution is -2.05. The first-order valence-electron chi connectivity index (χ1n) is 3.00. The molecule has 0 aliphatic carbocycles. The third kappa shape index (κ3) is 3.69. The molecule has 0 aromatic rings. The van der Waals surface area contributed by atoms with Gasteiger partial charge < -0.3 is 10.4 Å². The first kappa shape index (κ1) is 9.72. The predicted molar refractivity (Wildman–Crippen MR) is 46.9 cm³/mol. The van der Waals surface area contributed by atoms with E-state index < -0.39 is 6.10 Å². The van der Waals surface area contributed by atoms with E-state index >= 15 is 0 Å². The molecule has 0 saturated carbocycles. The average molecular weight is 206 g/mol. The number of rotatable bonds is 3. The van der Waals surface area contributed by atoms with Crippen LogP contribution in [0.3, 0.4) is 0 Å². The van der Waals surface area contributed by atoms with E-state index in [4.69, 9.17) is 5.11 Å². The lowest BCUT2D eigenvalue weighted by Gasteiger charge is -2.03. The van der Waals surface area contributed by atoms with Crippen LogP contribution in [0, 0.1) is 0 Å². The van der Waals surface area contributed by atoms with Crippen LogP contribution in [0.2, 0.25) is 0 Å². The van der Waals surface area contributed by atoms with E-state index in [0.29, 0.717) is 0 Å². The molecule has 0 bridgehead atoms. The summed E-state index contributed by atoms with van der Waals surface area (Å²) in [7, 11) is 1.78. The van der Waals surface area contributed by atoms with E-state index in [1.165, 1.54) is 0 Å². The molecule has 0 aromatic heterocycles. The summed E-state index contributed by atoms with van der Waals surface area (Å²) in [5, 5.41) is 11.7. The van der Waals surface area contributed by atoms with Crippen LogP contribution in [-0.2, 0) is 0 Å². The molecule has 0 heterocycles. The van der Waals surface area contributed by atoms with Gasteiger partial charge in [-0.2, -0.15) is 0 Å². The fourth-order valence-corrected chi connectivity index (χ4v) is 1.01. The van der Waals surface area contributed by atoms with Gasteiger partial charge in [0.1, 0.15) is 0 Å². The van der Waals surface area contributed by atoms with Gasteiger partial charge in [0.15, 0.2) is 0 Å². The molecule has 1 unspecified atom stereocenters. The van der Waals surface area contributed by atoms with E-state index in [9.17, 15) is 0 Å². The molecule has 0 fully saturated rings. The highest BCUT2D eigenvalue weighted by Gasteiger charge is 1.96. The van der Waals surface area contributed by atoms with Crippen LogP contribution in [-0.4, -0.2) is 18.3 Å². The van der Waals surface area contributed by atoms with Crippen molar-refractivity contribution in [3.8, 4) is 0 Å². The molecule has 3 heteroatoms. The molecule has 0 amide bonds. The predicted octanol–water partition coefficient (Wildman–Crippen LogP) is 1.38. The number of hydrogen-bond donors (Lipinski definition) is 2. The Labute approximate surface area is 69.8 Å². The molecule has 0 rings (SSSR count). The summed E-state index contributed by atoms with van der Waals surface area (Å²) in [6.07, 6.45) is 1.22. The monoisotopic (exact) mass is 205 g/mol. The molecule has 0 saturated heterocycles. The highest BCUT2D eigenvalue weighted by atomic mass is 79.9.